The normalized spacial score (nSPS) is 22.6. The molecule has 2 aliphatic rings. The molecule has 1 heterocycles. The average molecular weight is 310 g/mol. The summed E-state index contributed by atoms with van der Waals surface area (Å²) >= 11 is 0. The predicted molar refractivity (Wildman–Crippen MR) is 81.3 cm³/mol. The van der Waals surface area contributed by atoms with E-state index in [1.54, 1.807) is 0 Å². The molecule has 2 fully saturated rings. The molecular formula is C15H22N2O3S. The Morgan fingerprint density at radius 3 is 2.38 bits per heavy atom. The molecule has 0 radical (unpaired) electrons. The van der Waals surface area contributed by atoms with Crippen molar-refractivity contribution >= 4 is 10.0 Å². The lowest BCUT2D eigenvalue weighted by atomic mass is 10.1. The largest absolute Gasteiger partial charge is 0.380 e. The Bertz CT molecular complexity index is 561. The van der Waals surface area contributed by atoms with Gasteiger partial charge in [-0.3, -0.25) is 0 Å². The van der Waals surface area contributed by atoms with Crippen LogP contribution < -0.4 is 10.0 Å². The maximum absolute atomic E-state index is 12.1. The molecule has 1 aliphatic carbocycles. The zero-order valence-electron chi connectivity index (χ0n) is 12.0. The fourth-order valence-electron chi connectivity index (χ4n) is 2.45. The quantitative estimate of drug-likeness (QED) is 0.793. The molecule has 0 spiro atoms. The van der Waals surface area contributed by atoms with Crippen molar-refractivity contribution in [2.24, 2.45) is 0 Å². The van der Waals surface area contributed by atoms with Crippen molar-refractivity contribution in [1.29, 1.82) is 0 Å². The van der Waals surface area contributed by atoms with Crippen LogP contribution >= 0.6 is 0 Å². The van der Waals surface area contributed by atoms with E-state index in [2.05, 4.69) is 10.0 Å². The molecule has 1 aromatic carbocycles. The third-order valence-corrected chi connectivity index (χ3v) is 5.23. The van der Waals surface area contributed by atoms with Gasteiger partial charge in [-0.15, -0.1) is 0 Å². The first kappa shape index (κ1) is 15.0. The predicted octanol–water partition coefficient (Wildman–Crippen LogP) is 1.15. The SMILES string of the molecule is O=S(=O)(Cc1ccc(CNC2CC2)cc1)NC1CCOC1. The van der Waals surface area contributed by atoms with E-state index in [1.165, 1.54) is 18.4 Å². The van der Waals surface area contributed by atoms with Crippen LogP contribution in [0.3, 0.4) is 0 Å². The fourth-order valence-corrected chi connectivity index (χ4v) is 3.85. The van der Waals surface area contributed by atoms with Crippen molar-refractivity contribution in [1.82, 2.24) is 10.0 Å². The van der Waals surface area contributed by atoms with Gasteiger partial charge in [-0.05, 0) is 30.4 Å². The zero-order valence-corrected chi connectivity index (χ0v) is 12.9. The minimum absolute atomic E-state index is 0.0276. The third kappa shape index (κ3) is 4.78. The molecule has 116 valence electrons. The van der Waals surface area contributed by atoms with E-state index in [4.69, 9.17) is 4.74 Å². The second kappa shape index (κ2) is 6.44. The highest BCUT2D eigenvalue weighted by molar-refractivity contribution is 7.88. The summed E-state index contributed by atoms with van der Waals surface area (Å²) in [5, 5.41) is 3.44. The van der Waals surface area contributed by atoms with E-state index < -0.39 is 10.0 Å². The van der Waals surface area contributed by atoms with Crippen molar-refractivity contribution < 1.29 is 13.2 Å². The number of hydrogen-bond donors (Lipinski definition) is 2. The van der Waals surface area contributed by atoms with Gasteiger partial charge in [0.05, 0.1) is 12.4 Å². The van der Waals surface area contributed by atoms with Crippen molar-refractivity contribution in [3.8, 4) is 0 Å². The van der Waals surface area contributed by atoms with Crippen molar-refractivity contribution in [3.63, 3.8) is 0 Å². The number of benzene rings is 1. The molecule has 6 heteroatoms. The summed E-state index contributed by atoms with van der Waals surface area (Å²) in [5.74, 6) is 0.0276. The maximum Gasteiger partial charge on any atom is 0.216 e. The van der Waals surface area contributed by atoms with Crippen LogP contribution in [0.2, 0.25) is 0 Å². The van der Waals surface area contributed by atoms with Crippen LogP contribution in [0.15, 0.2) is 24.3 Å². The number of hydrogen-bond acceptors (Lipinski definition) is 4. The van der Waals surface area contributed by atoms with Gasteiger partial charge in [0.25, 0.3) is 0 Å². The van der Waals surface area contributed by atoms with Crippen LogP contribution in [0.1, 0.15) is 30.4 Å². The van der Waals surface area contributed by atoms with Crippen LogP contribution in [0, 0.1) is 0 Å². The van der Waals surface area contributed by atoms with Crippen LogP contribution in [0.25, 0.3) is 0 Å². The molecule has 1 aliphatic heterocycles. The number of rotatable bonds is 7. The standard InChI is InChI=1S/C15H22N2O3S/c18-21(19,17-15-7-8-20-10-15)11-13-3-1-12(2-4-13)9-16-14-5-6-14/h1-4,14-17H,5-11H2. The number of ether oxygens (including phenoxy) is 1. The lowest BCUT2D eigenvalue weighted by molar-refractivity contribution is 0.192. The summed E-state index contributed by atoms with van der Waals surface area (Å²) < 4.78 is 32.1. The van der Waals surface area contributed by atoms with Crippen molar-refractivity contribution in [2.75, 3.05) is 13.2 Å². The summed E-state index contributed by atoms with van der Waals surface area (Å²) in [6.45, 7) is 1.97. The highest BCUT2D eigenvalue weighted by Crippen LogP contribution is 2.19. The molecule has 0 bridgehead atoms. The number of nitrogens with one attached hydrogen (secondary N) is 2. The van der Waals surface area contributed by atoms with Crippen LogP contribution in [-0.4, -0.2) is 33.7 Å². The van der Waals surface area contributed by atoms with E-state index >= 15 is 0 Å². The summed E-state index contributed by atoms with van der Waals surface area (Å²) in [7, 11) is -3.29. The molecule has 3 rings (SSSR count). The minimum atomic E-state index is -3.29. The summed E-state index contributed by atoms with van der Waals surface area (Å²) in [4.78, 5) is 0. The molecule has 1 unspecified atom stereocenters. The Labute approximate surface area is 126 Å². The molecule has 1 aromatic rings. The molecule has 0 aromatic heterocycles. The average Bonchev–Trinajstić information content (AvgIpc) is 3.14. The molecule has 2 N–H and O–H groups in total. The minimum Gasteiger partial charge on any atom is -0.380 e. The van der Waals surface area contributed by atoms with Gasteiger partial charge in [0.15, 0.2) is 0 Å². The second-order valence-corrected chi connectivity index (χ2v) is 7.66. The smallest absolute Gasteiger partial charge is 0.216 e. The van der Waals surface area contributed by atoms with E-state index in [0.29, 0.717) is 19.3 Å². The molecule has 5 nitrogen and oxygen atoms in total. The van der Waals surface area contributed by atoms with Gasteiger partial charge >= 0.3 is 0 Å². The van der Waals surface area contributed by atoms with Gasteiger partial charge in [0, 0.05) is 25.2 Å². The summed E-state index contributed by atoms with van der Waals surface area (Å²) in [6.07, 6.45) is 3.30. The Hall–Kier alpha value is -0.950. The Morgan fingerprint density at radius 1 is 1.05 bits per heavy atom. The van der Waals surface area contributed by atoms with Crippen LogP contribution in [-0.2, 0) is 27.1 Å². The first-order valence-electron chi connectivity index (χ1n) is 7.50. The van der Waals surface area contributed by atoms with Crippen LogP contribution in [0.4, 0.5) is 0 Å². The fraction of sp³-hybridized carbons (Fsp3) is 0.600. The van der Waals surface area contributed by atoms with E-state index in [1.807, 2.05) is 24.3 Å². The number of sulfonamides is 1. The summed E-state index contributed by atoms with van der Waals surface area (Å²) in [6, 6.07) is 8.40. The topological polar surface area (TPSA) is 67.4 Å². The first-order valence-corrected chi connectivity index (χ1v) is 9.15. The Morgan fingerprint density at radius 2 is 1.76 bits per heavy atom. The van der Waals surface area contributed by atoms with E-state index in [-0.39, 0.29) is 11.8 Å². The monoisotopic (exact) mass is 310 g/mol. The molecule has 1 saturated carbocycles. The molecule has 0 amide bonds. The maximum atomic E-state index is 12.1. The van der Waals surface area contributed by atoms with Gasteiger partial charge in [-0.2, -0.15) is 0 Å². The lowest BCUT2D eigenvalue weighted by Gasteiger charge is -2.11. The van der Waals surface area contributed by atoms with Gasteiger partial charge in [0.1, 0.15) is 0 Å². The van der Waals surface area contributed by atoms with Gasteiger partial charge in [0.2, 0.25) is 10.0 Å². The van der Waals surface area contributed by atoms with E-state index in [0.717, 1.165) is 18.5 Å². The lowest BCUT2D eigenvalue weighted by Crippen LogP contribution is -2.35. The second-order valence-electron chi connectivity index (χ2n) is 5.91. The van der Waals surface area contributed by atoms with Gasteiger partial charge < -0.3 is 10.1 Å². The van der Waals surface area contributed by atoms with Gasteiger partial charge in [-0.1, -0.05) is 24.3 Å². The Balaban J connectivity index is 1.53. The highest BCUT2D eigenvalue weighted by atomic mass is 32.2. The van der Waals surface area contributed by atoms with Crippen LogP contribution in [0.5, 0.6) is 0 Å². The third-order valence-electron chi connectivity index (χ3n) is 3.83. The highest BCUT2D eigenvalue weighted by Gasteiger charge is 2.22. The van der Waals surface area contributed by atoms with E-state index in [9.17, 15) is 8.42 Å². The molecule has 1 atom stereocenters. The summed E-state index contributed by atoms with van der Waals surface area (Å²) in [5.41, 5.74) is 2.01. The van der Waals surface area contributed by atoms with Crippen molar-refractivity contribution in [2.45, 2.75) is 43.6 Å². The Kier molecular flexibility index (Phi) is 4.59. The molecular weight excluding hydrogens is 288 g/mol. The zero-order chi connectivity index (χ0) is 14.7. The molecule has 21 heavy (non-hydrogen) atoms. The van der Waals surface area contributed by atoms with Gasteiger partial charge in [-0.25, -0.2) is 13.1 Å². The first-order chi connectivity index (χ1) is 10.1. The molecule has 1 saturated heterocycles. The van der Waals surface area contributed by atoms with Crippen molar-refractivity contribution in [3.05, 3.63) is 35.4 Å².